The van der Waals surface area contributed by atoms with Crippen LogP contribution in [0.15, 0.2) is 29.6 Å². The van der Waals surface area contributed by atoms with Crippen LogP contribution in [0.25, 0.3) is 0 Å². The monoisotopic (exact) mass is 232 g/mol. The van der Waals surface area contributed by atoms with Crippen LogP contribution in [0.2, 0.25) is 0 Å². The first kappa shape index (κ1) is 10.0. The van der Waals surface area contributed by atoms with E-state index in [0.29, 0.717) is 5.82 Å². The van der Waals surface area contributed by atoms with Gasteiger partial charge in [-0.15, -0.1) is 0 Å². The van der Waals surface area contributed by atoms with Crippen molar-refractivity contribution < 1.29 is 0 Å². The van der Waals surface area contributed by atoms with Gasteiger partial charge in [0.1, 0.15) is 6.04 Å². The number of rotatable bonds is 2. The van der Waals surface area contributed by atoms with Crippen LogP contribution in [-0.2, 0) is 7.05 Å². The largest absolute Gasteiger partial charge is 0.347 e. The highest BCUT2D eigenvalue weighted by Gasteiger charge is 2.31. The van der Waals surface area contributed by atoms with Gasteiger partial charge in [0.2, 0.25) is 0 Å². The van der Waals surface area contributed by atoms with Gasteiger partial charge in [-0.05, 0) is 0 Å². The van der Waals surface area contributed by atoms with Crippen molar-refractivity contribution in [3.63, 3.8) is 0 Å². The fourth-order valence-corrected chi connectivity index (χ4v) is 1.89. The summed E-state index contributed by atoms with van der Waals surface area (Å²) < 4.78 is 1.53. The summed E-state index contributed by atoms with van der Waals surface area (Å²) in [4.78, 5) is 19.5. The van der Waals surface area contributed by atoms with Crippen molar-refractivity contribution in [3.8, 4) is 0 Å². The van der Waals surface area contributed by atoms with E-state index in [2.05, 4.69) is 15.2 Å². The van der Waals surface area contributed by atoms with E-state index in [4.69, 9.17) is 0 Å². The van der Waals surface area contributed by atoms with E-state index < -0.39 is 0 Å². The van der Waals surface area contributed by atoms with Crippen LogP contribution in [0.1, 0.15) is 6.04 Å². The van der Waals surface area contributed by atoms with Crippen molar-refractivity contribution in [2.24, 2.45) is 7.05 Å². The Labute approximate surface area is 97.3 Å². The van der Waals surface area contributed by atoms with Crippen LogP contribution in [0.5, 0.6) is 0 Å². The molecule has 0 saturated carbocycles. The van der Waals surface area contributed by atoms with Crippen LogP contribution in [0.4, 0.5) is 5.82 Å². The van der Waals surface area contributed by atoms with Gasteiger partial charge in [0.05, 0.1) is 12.4 Å². The molecule has 0 amide bonds. The third kappa shape index (κ3) is 1.59. The minimum Gasteiger partial charge on any atom is -0.347 e. The lowest BCUT2D eigenvalue weighted by molar-refractivity contribution is 0.330. The highest BCUT2D eigenvalue weighted by molar-refractivity contribution is 5.39. The van der Waals surface area contributed by atoms with Gasteiger partial charge in [0, 0.05) is 32.5 Å². The first-order valence-corrected chi connectivity index (χ1v) is 5.38. The number of aromatic nitrogens is 5. The van der Waals surface area contributed by atoms with E-state index >= 15 is 0 Å². The zero-order valence-electron chi connectivity index (χ0n) is 9.39. The third-order valence-corrected chi connectivity index (χ3v) is 2.92. The maximum absolute atomic E-state index is 11.8. The lowest BCUT2D eigenvalue weighted by Gasteiger charge is -2.38. The molecule has 0 aromatic carbocycles. The molecule has 0 N–H and O–H groups in total. The molecule has 0 atom stereocenters. The molecule has 2 aromatic rings. The summed E-state index contributed by atoms with van der Waals surface area (Å²) in [6.07, 6.45) is 6.60. The summed E-state index contributed by atoms with van der Waals surface area (Å²) in [5, 5.41) is 8.16. The quantitative estimate of drug-likeness (QED) is 0.693. The molecule has 1 aliphatic heterocycles. The molecule has 3 heterocycles. The zero-order chi connectivity index (χ0) is 11.8. The van der Waals surface area contributed by atoms with E-state index in [1.165, 1.54) is 4.57 Å². The Morgan fingerprint density at radius 3 is 2.65 bits per heavy atom. The van der Waals surface area contributed by atoms with Gasteiger partial charge in [0.15, 0.2) is 5.82 Å². The van der Waals surface area contributed by atoms with E-state index in [-0.39, 0.29) is 11.6 Å². The smallest absolute Gasteiger partial charge is 0.293 e. The maximum atomic E-state index is 11.8. The highest BCUT2D eigenvalue weighted by atomic mass is 16.1. The van der Waals surface area contributed by atoms with Crippen LogP contribution >= 0.6 is 0 Å². The lowest BCUT2D eigenvalue weighted by Crippen LogP contribution is -2.51. The summed E-state index contributed by atoms with van der Waals surface area (Å²) in [6, 6.07) is 0.233. The second-order valence-corrected chi connectivity index (χ2v) is 4.08. The Morgan fingerprint density at radius 2 is 1.94 bits per heavy atom. The summed E-state index contributed by atoms with van der Waals surface area (Å²) in [5.74, 6) is 0.499. The molecule has 0 radical (unpaired) electrons. The van der Waals surface area contributed by atoms with Crippen LogP contribution in [-0.4, -0.2) is 37.6 Å². The van der Waals surface area contributed by atoms with Gasteiger partial charge in [-0.3, -0.25) is 4.79 Å². The van der Waals surface area contributed by atoms with Crippen LogP contribution in [0, 0.1) is 0 Å². The predicted molar refractivity (Wildman–Crippen MR) is 60.8 cm³/mol. The van der Waals surface area contributed by atoms with Crippen molar-refractivity contribution in [3.05, 3.63) is 35.1 Å². The Balaban J connectivity index is 1.77. The topological polar surface area (TPSA) is 68.8 Å². The van der Waals surface area contributed by atoms with Crippen molar-refractivity contribution >= 4 is 5.82 Å². The van der Waals surface area contributed by atoms with Gasteiger partial charge in [-0.1, -0.05) is 0 Å². The molecular formula is C10H12N6O. The molecule has 3 rings (SSSR count). The SMILES string of the molecule is Cn1ccnc(N2CC(n3nccn3)C2)c1=O. The minimum atomic E-state index is -0.0700. The number of nitrogens with zero attached hydrogens (tertiary/aromatic N) is 6. The van der Waals surface area contributed by atoms with E-state index in [1.54, 1.807) is 36.6 Å². The molecule has 2 aromatic heterocycles. The Kier molecular flexibility index (Phi) is 2.17. The predicted octanol–water partition coefficient (Wildman–Crippen LogP) is -0.567. The first-order chi connectivity index (χ1) is 8.25. The van der Waals surface area contributed by atoms with Crippen molar-refractivity contribution in [1.82, 2.24) is 24.5 Å². The van der Waals surface area contributed by atoms with Gasteiger partial charge < -0.3 is 9.47 Å². The second-order valence-electron chi connectivity index (χ2n) is 4.08. The number of hydrogen-bond acceptors (Lipinski definition) is 5. The van der Waals surface area contributed by atoms with Crippen molar-refractivity contribution in [1.29, 1.82) is 0 Å². The fourth-order valence-electron chi connectivity index (χ4n) is 1.89. The molecule has 7 heteroatoms. The second kappa shape index (κ2) is 3.69. The molecule has 0 unspecified atom stereocenters. The summed E-state index contributed by atoms with van der Waals surface area (Å²) in [7, 11) is 1.72. The third-order valence-electron chi connectivity index (χ3n) is 2.92. The molecule has 7 nitrogen and oxygen atoms in total. The fraction of sp³-hybridized carbons (Fsp3) is 0.400. The van der Waals surface area contributed by atoms with Crippen molar-refractivity contribution in [2.75, 3.05) is 18.0 Å². The first-order valence-electron chi connectivity index (χ1n) is 5.38. The van der Waals surface area contributed by atoms with Crippen LogP contribution in [0.3, 0.4) is 0 Å². The van der Waals surface area contributed by atoms with Gasteiger partial charge in [0.25, 0.3) is 5.56 Å². The summed E-state index contributed by atoms with van der Waals surface area (Å²) in [6.45, 7) is 1.45. The van der Waals surface area contributed by atoms with Crippen molar-refractivity contribution in [2.45, 2.75) is 6.04 Å². The number of aryl methyl sites for hydroxylation is 1. The molecular weight excluding hydrogens is 220 g/mol. The zero-order valence-corrected chi connectivity index (χ0v) is 9.39. The number of hydrogen-bond donors (Lipinski definition) is 0. The lowest BCUT2D eigenvalue weighted by atomic mass is 10.1. The Hall–Kier alpha value is -2.18. The molecule has 0 aliphatic carbocycles. The molecule has 17 heavy (non-hydrogen) atoms. The van der Waals surface area contributed by atoms with Gasteiger partial charge >= 0.3 is 0 Å². The Morgan fingerprint density at radius 1 is 1.24 bits per heavy atom. The molecule has 1 fully saturated rings. The minimum absolute atomic E-state index is 0.0700. The average Bonchev–Trinajstić information content (AvgIpc) is 2.75. The normalized spacial score (nSPS) is 15.9. The molecule has 0 bridgehead atoms. The van der Waals surface area contributed by atoms with E-state index in [0.717, 1.165) is 13.1 Å². The molecule has 1 aliphatic rings. The standard InChI is InChI=1S/C10H12N6O/c1-14-5-4-11-9(10(14)17)15-6-8(7-15)16-12-2-3-13-16/h2-5,8H,6-7H2,1H3. The Bertz CT molecular complexity index is 569. The van der Waals surface area contributed by atoms with E-state index in [9.17, 15) is 4.79 Å². The average molecular weight is 232 g/mol. The summed E-state index contributed by atoms with van der Waals surface area (Å²) >= 11 is 0. The maximum Gasteiger partial charge on any atom is 0.293 e. The molecule has 88 valence electrons. The molecule has 1 saturated heterocycles. The summed E-state index contributed by atoms with van der Waals surface area (Å²) in [5.41, 5.74) is -0.0700. The van der Waals surface area contributed by atoms with Gasteiger partial charge in [-0.2, -0.15) is 15.0 Å². The highest BCUT2D eigenvalue weighted by Crippen LogP contribution is 2.22. The number of anilines is 1. The van der Waals surface area contributed by atoms with E-state index in [1.807, 2.05) is 4.90 Å². The van der Waals surface area contributed by atoms with Gasteiger partial charge in [-0.25, -0.2) is 4.98 Å². The molecule has 0 spiro atoms. The van der Waals surface area contributed by atoms with Crippen LogP contribution < -0.4 is 10.5 Å².